The minimum atomic E-state index is -0.815. The van der Waals surface area contributed by atoms with Crippen molar-refractivity contribution in [1.82, 2.24) is 4.98 Å². The van der Waals surface area contributed by atoms with E-state index >= 15 is 0 Å². The van der Waals surface area contributed by atoms with Crippen LogP contribution < -0.4 is 0 Å². The number of fused-ring (bicyclic) bond motifs is 1. The molecule has 0 saturated heterocycles. The molecule has 108 valence electrons. The lowest BCUT2D eigenvalue weighted by atomic mass is 9.67. The number of aryl methyl sites for hydroxylation is 2. The molecule has 1 aliphatic carbocycles. The van der Waals surface area contributed by atoms with Gasteiger partial charge in [0.2, 0.25) is 0 Å². The van der Waals surface area contributed by atoms with E-state index in [-0.39, 0.29) is 0 Å². The summed E-state index contributed by atoms with van der Waals surface area (Å²) in [6.45, 7) is 1.98. The normalized spacial score (nSPS) is 20.8. The number of carbonyl (C=O) groups is 1. The Morgan fingerprint density at radius 1 is 1.33 bits per heavy atom. The number of pyridine rings is 1. The largest absolute Gasteiger partial charge is 0.481 e. The lowest BCUT2D eigenvalue weighted by molar-refractivity contribution is -0.144. The monoisotopic (exact) mass is 281 g/mol. The first kappa shape index (κ1) is 13.8. The molecule has 1 aliphatic rings. The molecule has 1 N–H and O–H groups in total. The lowest BCUT2D eigenvalue weighted by Gasteiger charge is -2.35. The van der Waals surface area contributed by atoms with Gasteiger partial charge in [-0.1, -0.05) is 30.3 Å². The summed E-state index contributed by atoms with van der Waals surface area (Å²) in [5, 5.41) is 9.95. The average Bonchev–Trinajstić information content (AvgIpc) is 2.47. The maximum absolute atomic E-state index is 12.1. The zero-order valence-electron chi connectivity index (χ0n) is 12.2. The summed E-state index contributed by atoms with van der Waals surface area (Å²) in [6, 6.07) is 10.0. The summed E-state index contributed by atoms with van der Waals surface area (Å²) in [6.07, 6.45) is 6.67. The van der Waals surface area contributed by atoms with Crippen LogP contribution in [0.4, 0.5) is 0 Å². The van der Waals surface area contributed by atoms with Crippen molar-refractivity contribution in [2.24, 2.45) is 0 Å². The summed E-state index contributed by atoms with van der Waals surface area (Å²) in [5.74, 6) is -0.726. The highest BCUT2D eigenvalue weighted by Gasteiger charge is 2.43. The van der Waals surface area contributed by atoms with Gasteiger partial charge in [-0.05, 0) is 54.9 Å². The number of aromatic nitrogens is 1. The molecule has 0 bridgehead atoms. The van der Waals surface area contributed by atoms with Crippen molar-refractivity contribution in [3.8, 4) is 0 Å². The zero-order chi connectivity index (χ0) is 14.9. The molecular formula is C18H19NO2. The second-order valence-corrected chi connectivity index (χ2v) is 5.95. The number of aliphatic carboxylic acids is 1. The maximum atomic E-state index is 12.1. The Kier molecular flexibility index (Phi) is 3.50. The van der Waals surface area contributed by atoms with Crippen molar-refractivity contribution in [2.75, 3.05) is 0 Å². The third kappa shape index (κ3) is 2.44. The van der Waals surface area contributed by atoms with E-state index in [1.54, 1.807) is 12.4 Å². The Balaban J connectivity index is 2.08. The Labute approximate surface area is 124 Å². The van der Waals surface area contributed by atoms with Crippen LogP contribution in [0.3, 0.4) is 0 Å². The fourth-order valence-corrected chi connectivity index (χ4v) is 3.46. The second kappa shape index (κ2) is 5.32. The Bertz CT molecular complexity index is 680. The van der Waals surface area contributed by atoms with Crippen molar-refractivity contribution >= 4 is 5.97 Å². The summed E-state index contributed by atoms with van der Waals surface area (Å²) >= 11 is 0. The van der Waals surface area contributed by atoms with Gasteiger partial charge in [0, 0.05) is 12.4 Å². The fourth-order valence-electron chi connectivity index (χ4n) is 3.46. The van der Waals surface area contributed by atoms with Crippen LogP contribution in [0, 0.1) is 6.92 Å². The first-order chi connectivity index (χ1) is 10.1. The molecule has 1 heterocycles. The Morgan fingerprint density at radius 3 is 2.90 bits per heavy atom. The average molecular weight is 281 g/mol. The predicted octanol–water partition coefficient (Wildman–Crippen LogP) is 3.29. The highest BCUT2D eigenvalue weighted by atomic mass is 16.4. The molecule has 3 rings (SSSR count). The molecule has 1 unspecified atom stereocenters. The number of hydrogen-bond acceptors (Lipinski definition) is 2. The van der Waals surface area contributed by atoms with Crippen LogP contribution in [0.2, 0.25) is 0 Å². The fraction of sp³-hybridized carbons (Fsp3) is 0.333. The van der Waals surface area contributed by atoms with E-state index in [2.05, 4.69) is 11.1 Å². The van der Waals surface area contributed by atoms with Crippen LogP contribution in [-0.2, 0) is 23.1 Å². The van der Waals surface area contributed by atoms with Crippen molar-refractivity contribution in [3.63, 3.8) is 0 Å². The van der Waals surface area contributed by atoms with Gasteiger partial charge in [-0.25, -0.2) is 0 Å². The van der Waals surface area contributed by atoms with Gasteiger partial charge in [0.05, 0.1) is 5.41 Å². The Morgan fingerprint density at radius 2 is 2.14 bits per heavy atom. The molecule has 1 aromatic carbocycles. The topological polar surface area (TPSA) is 50.2 Å². The summed E-state index contributed by atoms with van der Waals surface area (Å²) in [7, 11) is 0. The van der Waals surface area contributed by atoms with Gasteiger partial charge in [0.25, 0.3) is 0 Å². The van der Waals surface area contributed by atoms with Gasteiger partial charge in [-0.2, -0.15) is 0 Å². The van der Waals surface area contributed by atoms with E-state index in [0.717, 1.165) is 29.5 Å². The van der Waals surface area contributed by atoms with Crippen molar-refractivity contribution in [1.29, 1.82) is 0 Å². The van der Waals surface area contributed by atoms with Crippen molar-refractivity contribution in [3.05, 3.63) is 65.0 Å². The molecule has 0 fully saturated rings. The van der Waals surface area contributed by atoms with E-state index in [4.69, 9.17) is 0 Å². The number of benzene rings is 1. The maximum Gasteiger partial charge on any atom is 0.314 e. The van der Waals surface area contributed by atoms with Crippen LogP contribution >= 0.6 is 0 Å². The van der Waals surface area contributed by atoms with Crippen LogP contribution in [0.15, 0.2) is 42.7 Å². The van der Waals surface area contributed by atoms with E-state index in [9.17, 15) is 9.90 Å². The molecule has 0 saturated carbocycles. The zero-order valence-corrected chi connectivity index (χ0v) is 12.2. The van der Waals surface area contributed by atoms with Gasteiger partial charge in [-0.15, -0.1) is 0 Å². The molecule has 0 spiro atoms. The molecule has 0 amide bonds. The standard InChI is InChI=1S/C18H19NO2/c1-13-9-14(12-19-11-13)10-18(17(20)21)8-4-6-15-5-2-3-7-16(15)18/h2-3,5,7,9,11-12H,4,6,8,10H2,1H3,(H,20,21). The van der Waals surface area contributed by atoms with Gasteiger partial charge in [0.15, 0.2) is 0 Å². The van der Waals surface area contributed by atoms with Crippen LogP contribution in [0.5, 0.6) is 0 Å². The quantitative estimate of drug-likeness (QED) is 0.939. The van der Waals surface area contributed by atoms with Gasteiger partial charge in [0.1, 0.15) is 0 Å². The van der Waals surface area contributed by atoms with E-state index in [0.29, 0.717) is 12.8 Å². The summed E-state index contributed by atoms with van der Waals surface area (Å²) < 4.78 is 0. The predicted molar refractivity (Wildman–Crippen MR) is 81.4 cm³/mol. The number of nitrogens with zero attached hydrogens (tertiary/aromatic N) is 1. The van der Waals surface area contributed by atoms with Crippen LogP contribution in [-0.4, -0.2) is 16.1 Å². The third-order valence-corrected chi connectivity index (χ3v) is 4.43. The van der Waals surface area contributed by atoms with E-state index in [1.165, 1.54) is 5.56 Å². The first-order valence-electron chi connectivity index (χ1n) is 7.34. The van der Waals surface area contributed by atoms with E-state index in [1.807, 2.05) is 31.2 Å². The molecular weight excluding hydrogens is 262 g/mol. The molecule has 1 atom stereocenters. The van der Waals surface area contributed by atoms with Crippen LogP contribution in [0.1, 0.15) is 35.1 Å². The number of carboxylic acid groups (broad SMARTS) is 1. The van der Waals surface area contributed by atoms with Crippen molar-refractivity contribution < 1.29 is 9.90 Å². The highest BCUT2D eigenvalue weighted by Crippen LogP contribution is 2.40. The van der Waals surface area contributed by atoms with Crippen LogP contribution in [0.25, 0.3) is 0 Å². The van der Waals surface area contributed by atoms with E-state index < -0.39 is 11.4 Å². The minimum absolute atomic E-state index is 0.508. The highest BCUT2D eigenvalue weighted by molar-refractivity contribution is 5.83. The SMILES string of the molecule is Cc1cncc(CC2(C(=O)O)CCCc3ccccc32)c1. The smallest absolute Gasteiger partial charge is 0.314 e. The van der Waals surface area contributed by atoms with Gasteiger partial charge >= 0.3 is 5.97 Å². The Hall–Kier alpha value is -2.16. The summed E-state index contributed by atoms with van der Waals surface area (Å²) in [5.41, 5.74) is 3.40. The molecule has 1 aromatic heterocycles. The molecule has 3 nitrogen and oxygen atoms in total. The first-order valence-corrected chi connectivity index (χ1v) is 7.34. The van der Waals surface area contributed by atoms with Gasteiger partial charge < -0.3 is 5.11 Å². The molecule has 0 radical (unpaired) electrons. The number of hydrogen-bond donors (Lipinski definition) is 1. The third-order valence-electron chi connectivity index (χ3n) is 4.43. The molecule has 2 aromatic rings. The molecule has 0 aliphatic heterocycles. The molecule has 21 heavy (non-hydrogen) atoms. The van der Waals surface area contributed by atoms with Crippen molar-refractivity contribution in [2.45, 2.75) is 38.0 Å². The molecule has 3 heteroatoms. The minimum Gasteiger partial charge on any atom is -0.481 e. The number of rotatable bonds is 3. The number of carboxylic acids is 1. The summed E-state index contributed by atoms with van der Waals surface area (Å²) in [4.78, 5) is 16.3. The van der Waals surface area contributed by atoms with Gasteiger partial charge in [-0.3, -0.25) is 9.78 Å². The lowest BCUT2D eigenvalue weighted by Crippen LogP contribution is -2.41. The second-order valence-electron chi connectivity index (χ2n) is 5.95.